The lowest BCUT2D eigenvalue weighted by atomic mass is 9.77. The highest BCUT2D eigenvalue weighted by molar-refractivity contribution is 7.10. The van der Waals surface area contributed by atoms with E-state index in [4.69, 9.17) is 10.7 Å². The van der Waals surface area contributed by atoms with Crippen molar-refractivity contribution in [2.75, 3.05) is 7.05 Å². The van der Waals surface area contributed by atoms with Gasteiger partial charge >= 0.3 is 0 Å². The third-order valence-corrected chi connectivity index (χ3v) is 5.88. The van der Waals surface area contributed by atoms with Gasteiger partial charge in [-0.2, -0.15) is 0 Å². The van der Waals surface area contributed by atoms with Crippen LogP contribution in [0.15, 0.2) is 46.8 Å². The van der Waals surface area contributed by atoms with E-state index in [1.807, 2.05) is 24.4 Å². The lowest BCUT2D eigenvalue weighted by Gasteiger charge is -2.40. The predicted octanol–water partition coefficient (Wildman–Crippen LogP) is 3.66. The topological polar surface area (TPSA) is 58.7 Å². The molecule has 0 aliphatic carbocycles. The van der Waals surface area contributed by atoms with E-state index in [1.165, 1.54) is 10.5 Å². The van der Waals surface area contributed by atoms with E-state index in [9.17, 15) is 4.79 Å². The fourth-order valence-corrected chi connectivity index (χ4v) is 4.09. The van der Waals surface area contributed by atoms with Crippen LogP contribution in [-0.4, -0.2) is 23.8 Å². The summed E-state index contributed by atoms with van der Waals surface area (Å²) >= 11 is 1.61. The molecule has 1 aromatic heterocycles. The molecule has 1 aliphatic heterocycles. The molecule has 2 atom stereocenters. The minimum absolute atomic E-state index is 0.0179. The van der Waals surface area contributed by atoms with Gasteiger partial charge in [0.25, 0.3) is 0 Å². The molecular formula is C19H23N3OS. The van der Waals surface area contributed by atoms with Gasteiger partial charge in [0.15, 0.2) is 5.96 Å². The van der Waals surface area contributed by atoms with Crippen molar-refractivity contribution in [1.82, 2.24) is 4.90 Å². The average molecular weight is 341 g/mol. The highest BCUT2D eigenvalue weighted by Gasteiger charge is 2.47. The zero-order chi connectivity index (χ0) is 17.5. The van der Waals surface area contributed by atoms with Gasteiger partial charge in [-0.3, -0.25) is 9.69 Å². The van der Waals surface area contributed by atoms with Gasteiger partial charge in [-0.25, -0.2) is 4.99 Å². The Balaban J connectivity index is 2.13. The molecule has 0 saturated carbocycles. The molecule has 0 bridgehead atoms. The van der Waals surface area contributed by atoms with Crippen LogP contribution in [0.4, 0.5) is 0 Å². The fourth-order valence-electron chi connectivity index (χ4n) is 3.23. The Morgan fingerprint density at radius 3 is 2.46 bits per heavy atom. The number of thiophene rings is 1. The summed E-state index contributed by atoms with van der Waals surface area (Å²) in [7, 11) is 1.69. The maximum Gasteiger partial charge on any atom is 0.239 e. The third kappa shape index (κ3) is 2.63. The summed E-state index contributed by atoms with van der Waals surface area (Å²) in [6.07, 6.45) is 0. The number of benzene rings is 1. The van der Waals surface area contributed by atoms with Crippen LogP contribution in [-0.2, 0) is 10.3 Å². The van der Waals surface area contributed by atoms with E-state index >= 15 is 0 Å². The molecule has 5 heteroatoms. The summed E-state index contributed by atoms with van der Waals surface area (Å²) in [6.45, 7) is 6.32. The molecule has 24 heavy (non-hydrogen) atoms. The molecule has 2 aromatic rings. The molecular weight excluding hydrogens is 318 g/mol. The monoisotopic (exact) mass is 341 g/mol. The number of hydrogen-bond donors (Lipinski definition) is 1. The van der Waals surface area contributed by atoms with Gasteiger partial charge in [-0.05, 0) is 35.4 Å². The van der Waals surface area contributed by atoms with Gasteiger partial charge in [-0.1, -0.05) is 44.2 Å². The van der Waals surface area contributed by atoms with Gasteiger partial charge in [0.1, 0.15) is 5.54 Å². The smallest absolute Gasteiger partial charge is 0.239 e. The number of nitrogens with zero attached hydrogens (tertiary/aromatic N) is 2. The second kappa shape index (κ2) is 6.06. The van der Waals surface area contributed by atoms with Gasteiger partial charge in [0, 0.05) is 11.9 Å². The van der Waals surface area contributed by atoms with E-state index in [0.29, 0.717) is 5.92 Å². The van der Waals surface area contributed by atoms with Crippen molar-refractivity contribution in [1.29, 1.82) is 0 Å². The zero-order valence-corrected chi connectivity index (χ0v) is 15.3. The molecule has 1 amide bonds. The second-order valence-corrected chi connectivity index (χ2v) is 7.69. The molecule has 0 spiro atoms. The molecule has 1 aromatic carbocycles. The van der Waals surface area contributed by atoms with Crippen LogP contribution in [0.1, 0.15) is 48.6 Å². The van der Waals surface area contributed by atoms with E-state index in [0.717, 1.165) is 10.4 Å². The fraction of sp³-hybridized carbons (Fsp3) is 0.368. The molecule has 1 aliphatic rings. The van der Waals surface area contributed by atoms with E-state index in [-0.39, 0.29) is 17.8 Å². The van der Waals surface area contributed by atoms with Crippen LogP contribution >= 0.6 is 11.3 Å². The van der Waals surface area contributed by atoms with E-state index < -0.39 is 5.54 Å². The summed E-state index contributed by atoms with van der Waals surface area (Å²) in [5, 5.41) is 2.01. The van der Waals surface area contributed by atoms with Crippen LogP contribution in [0.25, 0.3) is 0 Å². The largest absolute Gasteiger partial charge is 0.369 e. The lowest BCUT2D eigenvalue weighted by molar-refractivity contribution is -0.130. The van der Waals surface area contributed by atoms with Crippen LogP contribution < -0.4 is 5.73 Å². The molecule has 3 rings (SSSR count). The summed E-state index contributed by atoms with van der Waals surface area (Å²) in [4.78, 5) is 20.2. The number of nitrogens with two attached hydrogens (primary N) is 1. The van der Waals surface area contributed by atoms with Crippen molar-refractivity contribution < 1.29 is 4.79 Å². The van der Waals surface area contributed by atoms with Crippen LogP contribution in [0, 0.1) is 0 Å². The minimum atomic E-state index is -0.679. The third-order valence-electron chi connectivity index (χ3n) is 4.79. The number of guanidine groups is 1. The average Bonchev–Trinajstić information content (AvgIpc) is 3.08. The standard InChI is InChI=1S/C19H23N3OS/c1-12(2)13-7-9-14(10-8-13)16-17(23)22(4)18(20)21-19(16,3)15-6-5-11-24-15/h5-12,16H,1-4H3,(H2,20,21)/t16-,19-/m1/s1. The maximum absolute atomic E-state index is 13.0. The zero-order valence-electron chi connectivity index (χ0n) is 14.5. The number of amides is 1. The number of carbonyl (C=O) groups excluding carboxylic acids is 1. The minimum Gasteiger partial charge on any atom is -0.369 e. The number of carbonyl (C=O) groups is 1. The van der Waals surface area contributed by atoms with Crippen molar-refractivity contribution in [3.8, 4) is 0 Å². The number of aliphatic imine (C=N–C) groups is 1. The molecule has 2 N–H and O–H groups in total. The van der Waals surface area contributed by atoms with Crippen LogP contribution in [0.5, 0.6) is 0 Å². The summed E-state index contributed by atoms with van der Waals surface area (Å²) in [6, 6.07) is 12.3. The summed E-state index contributed by atoms with van der Waals surface area (Å²) < 4.78 is 0. The first-order chi connectivity index (χ1) is 11.3. The molecule has 0 saturated heterocycles. The summed E-state index contributed by atoms with van der Waals surface area (Å²) in [5.41, 5.74) is 7.57. The van der Waals surface area contributed by atoms with Crippen LogP contribution in [0.2, 0.25) is 0 Å². The Morgan fingerprint density at radius 2 is 1.92 bits per heavy atom. The van der Waals surface area contributed by atoms with E-state index in [2.05, 4.69) is 38.1 Å². The Hall–Kier alpha value is -2.14. The molecule has 0 radical (unpaired) electrons. The highest BCUT2D eigenvalue weighted by Crippen LogP contribution is 2.45. The highest BCUT2D eigenvalue weighted by atomic mass is 32.1. The van der Waals surface area contributed by atoms with Crippen molar-refractivity contribution in [3.05, 3.63) is 57.8 Å². The van der Waals surface area contributed by atoms with Crippen molar-refractivity contribution >= 4 is 23.2 Å². The first-order valence-electron chi connectivity index (χ1n) is 8.11. The van der Waals surface area contributed by atoms with Crippen LogP contribution in [0.3, 0.4) is 0 Å². The Labute approximate surface area is 147 Å². The first kappa shape index (κ1) is 16.7. The predicted molar refractivity (Wildman–Crippen MR) is 99.3 cm³/mol. The Kier molecular flexibility index (Phi) is 4.22. The SMILES string of the molecule is CC(C)c1ccc([C@@H]2C(=O)N(C)C(N)=N[C@]2(C)c2cccs2)cc1. The normalized spacial score (nSPS) is 24.4. The summed E-state index contributed by atoms with van der Waals surface area (Å²) in [5.74, 6) is 0.331. The number of rotatable bonds is 3. The Morgan fingerprint density at radius 1 is 1.25 bits per heavy atom. The van der Waals surface area contributed by atoms with Gasteiger partial charge in [0.05, 0.1) is 5.92 Å². The number of hydrogen-bond acceptors (Lipinski definition) is 4. The lowest BCUT2D eigenvalue weighted by Crippen LogP contribution is -2.52. The molecule has 0 unspecified atom stereocenters. The molecule has 4 nitrogen and oxygen atoms in total. The quantitative estimate of drug-likeness (QED) is 0.926. The Bertz CT molecular complexity index is 764. The second-order valence-electron chi connectivity index (χ2n) is 6.75. The first-order valence-corrected chi connectivity index (χ1v) is 8.99. The van der Waals surface area contributed by atoms with Gasteiger partial charge in [-0.15, -0.1) is 11.3 Å². The van der Waals surface area contributed by atoms with Crippen molar-refractivity contribution in [3.63, 3.8) is 0 Å². The molecule has 2 heterocycles. The van der Waals surface area contributed by atoms with E-state index in [1.54, 1.807) is 18.4 Å². The van der Waals surface area contributed by atoms with Gasteiger partial charge in [0.2, 0.25) is 5.91 Å². The maximum atomic E-state index is 13.0. The van der Waals surface area contributed by atoms with Crippen molar-refractivity contribution in [2.45, 2.75) is 38.1 Å². The van der Waals surface area contributed by atoms with Crippen molar-refractivity contribution in [2.24, 2.45) is 10.7 Å². The molecule has 0 fully saturated rings. The number of likely N-dealkylation sites (N-methyl/N-ethyl adjacent to an activating group) is 1. The molecule has 126 valence electrons. The van der Waals surface area contributed by atoms with Gasteiger partial charge < -0.3 is 5.73 Å².